The molecule has 2 amide bonds. The van der Waals surface area contributed by atoms with E-state index in [1.807, 2.05) is 13.8 Å². The van der Waals surface area contributed by atoms with Crippen molar-refractivity contribution in [3.05, 3.63) is 129 Å². The Balaban J connectivity index is 1.77. The molecule has 0 radical (unpaired) electrons. The first-order valence-electron chi connectivity index (χ1n) is 20.4. The van der Waals surface area contributed by atoms with E-state index < -0.39 is 27.8 Å². The summed E-state index contributed by atoms with van der Waals surface area (Å²) in [6.07, 6.45) is 6.92. The third kappa shape index (κ3) is 7.37. The minimum absolute atomic E-state index is 0.203. The summed E-state index contributed by atoms with van der Waals surface area (Å²) >= 11 is -6.32. The van der Waals surface area contributed by atoms with Crippen LogP contribution in [0.5, 0.6) is 0 Å². The second-order valence-electron chi connectivity index (χ2n) is 17.7. The van der Waals surface area contributed by atoms with Crippen LogP contribution in [0.15, 0.2) is 96.1 Å². The van der Waals surface area contributed by atoms with E-state index in [9.17, 15) is 9.59 Å². The number of hydrogen-bond acceptors (Lipinski definition) is 2. The van der Waals surface area contributed by atoms with Crippen LogP contribution in [-0.4, -0.2) is 16.4 Å². The molecule has 0 fully saturated rings. The van der Waals surface area contributed by atoms with Gasteiger partial charge in [-0.05, 0) is 0 Å². The Kier molecular flexibility index (Phi) is 12.0. The third-order valence-corrected chi connectivity index (χ3v) is 40.3. The van der Waals surface area contributed by atoms with Crippen molar-refractivity contribution >= 4 is 45.7 Å². The van der Waals surface area contributed by atoms with E-state index in [-0.39, 0.29) is 35.5 Å². The van der Waals surface area contributed by atoms with Gasteiger partial charge in [-0.1, -0.05) is 0 Å². The topological polar surface area (TPSA) is 58.2 Å². The first-order chi connectivity index (χ1) is 26.4. The van der Waals surface area contributed by atoms with Gasteiger partial charge in [0, 0.05) is 0 Å². The number of carbonyl (C=O) groups is 2. The molecule has 2 aliphatic carbocycles. The fourth-order valence-electron chi connectivity index (χ4n) is 9.28. The Hall–Kier alpha value is -3.18. The van der Waals surface area contributed by atoms with Crippen molar-refractivity contribution < 1.29 is 25.5 Å². The number of nitrogens with one attached hydrogen (secondary N) is 2. The second kappa shape index (κ2) is 15.9. The zero-order valence-corrected chi connectivity index (χ0v) is 40.0. The van der Waals surface area contributed by atoms with E-state index in [1.165, 1.54) is 22.3 Å². The molecule has 4 aromatic rings. The second-order valence-corrected chi connectivity index (χ2v) is 48.1. The quantitative estimate of drug-likeness (QED) is 0.147. The van der Waals surface area contributed by atoms with Crippen LogP contribution in [-0.2, 0) is 38.3 Å². The van der Waals surface area contributed by atoms with Crippen molar-refractivity contribution in [3.63, 3.8) is 0 Å². The fraction of sp³-hybridized carbons (Fsp3) is 0.375. The summed E-state index contributed by atoms with van der Waals surface area (Å²) in [7, 11) is 18.0. The van der Waals surface area contributed by atoms with Gasteiger partial charge in [0.2, 0.25) is 0 Å². The van der Waals surface area contributed by atoms with Gasteiger partial charge in [-0.3, -0.25) is 0 Å². The van der Waals surface area contributed by atoms with Crippen molar-refractivity contribution in [2.45, 2.75) is 102 Å². The molecule has 0 saturated carbocycles. The van der Waals surface area contributed by atoms with Gasteiger partial charge in [-0.25, -0.2) is 0 Å². The van der Waals surface area contributed by atoms with E-state index >= 15 is 0 Å². The van der Waals surface area contributed by atoms with Crippen LogP contribution in [0.3, 0.4) is 0 Å². The van der Waals surface area contributed by atoms with Crippen LogP contribution in [0, 0.1) is 10.8 Å². The average molecular weight is 955 g/mol. The Morgan fingerprint density at radius 2 is 0.929 bits per heavy atom. The molecule has 0 aromatic heterocycles. The molecule has 4 nitrogen and oxygen atoms in total. The van der Waals surface area contributed by atoms with Crippen LogP contribution in [0.4, 0.5) is 0 Å². The van der Waals surface area contributed by atoms with Crippen LogP contribution in [0.25, 0.3) is 34.4 Å². The van der Waals surface area contributed by atoms with E-state index in [2.05, 4.69) is 163 Å². The number of carbonyl (C=O) groups excluding carboxylic acids is 2. The number of hydrogen-bond donors (Lipinski definition) is 2. The maximum atomic E-state index is 13.8. The van der Waals surface area contributed by atoms with Crippen LogP contribution in [0.1, 0.15) is 123 Å². The maximum absolute atomic E-state index is 13.8. The van der Waals surface area contributed by atoms with Crippen molar-refractivity contribution in [1.82, 2.24) is 10.5 Å². The summed E-state index contributed by atoms with van der Waals surface area (Å²) in [5.74, 6) is -0.406. The Morgan fingerprint density at radius 1 is 0.571 bits per heavy atom. The first kappa shape index (κ1) is 42.4. The molecule has 4 aromatic carbocycles. The first-order valence-corrected chi connectivity index (χ1v) is 35.6. The summed E-state index contributed by atoms with van der Waals surface area (Å²) < 4.78 is -1.88. The Bertz CT molecular complexity index is 2090. The number of allylic oxidation sites excluding steroid dienone is 2. The van der Waals surface area contributed by atoms with E-state index in [0.29, 0.717) is 0 Å². The van der Waals surface area contributed by atoms with Crippen molar-refractivity contribution in [2.75, 3.05) is 0 Å². The van der Waals surface area contributed by atoms with Crippen LogP contribution < -0.4 is 10.5 Å². The Morgan fingerprint density at radius 3 is 1.27 bits per heavy atom. The average Bonchev–Trinajstić information content (AvgIpc) is 3.79. The molecule has 0 aliphatic heterocycles. The molecule has 0 heterocycles. The molecular weight excluding hydrogens is 897 g/mol. The van der Waals surface area contributed by atoms with Gasteiger partial charge in [-0.15, -0.1) is 0 Å². The van der Waals surface area contributed by atoms with Gasteiger partial charge in [0.15, 0.2) is 0 Å². The number of halogens is 2. The van der Waals surface area contributed by atoms with Gasteiger partial charge >= 0.3 is 346 Å². The zero-order chi connectivity index (χ0) is 40.8. The zero-order valence-electron chi connectivity index (χ0n) is 34.9. The van der Waals surface area contributed by atoms with Gasteiger partial charge in [0.25, 0.3) is 0 Å². The van der Waals surface area contributed by atoms with Crippen molar-refractivity contribution in [3.8, 4) is 22.3 Å². The van der Waals surface area contributed by atoms with Crippen LogP contribution >= 0.6 is 17.2 Å². The summed E-state index contributed by atoms with van der Waals surface area (Å²) in [5, 5.41) is 6.62. The molecule has 2 N–H and O–H groups in total. The minimum atomic E-state index is -6.32. The Labute approximate surface area is 344 Å². The van der Waals surface area contributed by atoms with Crippen molar-refractivity contribution in [1.29, 1.82) is 0 Å². The molecule has 0 spiro atoms. The normalized spacial score (nSPS) is 17.2. The van der Waals surface area contributed by atoms with Gasteiger partial charge in [0.1, 0.15) is 0 Å². The number of fused-ring (bicyclic) bond motifs is 2. The van der Waals surface area contributed by atoms with Crippen molar-refractivity contribution in [2.24, 2.45) is 10.8 Å². The summed E-state index contributed by atoms with van der Waals surface area (Å²) in [6, 6.07) is 30.3. The van der Waals surface area contributed by atoms with E-state index in [4.69, 9.17) is 17.2 Å². The SMILES string of the molecule is CCC(=O)N[B](NC(=O)CC)[Hf]([Cl])([Cl])([CH]1C(C(C)(C)C)=Cc2c(-c3ccccc3CC)cccc21)[CH]1C(C(C)(C)C)=Cc2c(-c3ccccc3CC)cccc21. The number of rotatable bonds is 11. The molecule has 0 bridgehead atoms. The number of aryl methyl sites for hydroxylation is 2. The van der Waals surface area contributed by atoms with Crippen LogP contribution in [0.2, 0.25) is 0 Å². The molecule has 293 valence electrons. The molecule has 2 aliphatic rings. The predicted octanol–water partition coefficient (Wildman–Crippen LogP) is 12.8. The molecular formula is C48H58BCl2HfN2O2. The monoisotopic (exact) mass is 955 g/mol. The van der Waals surface area contributed by atoms with Gasteiger partial charge in [0.05, 0.1) is 0 Å². The van der Waals surface area contributed by atoms with Gasteiger partial charge < -0.3 is 0 Å². The standard InChI is InChI=1S/2C21H23.C6H11BN2O2.2ClH.Hf/c2*1-5-15-9-6-7-11-18(15)19-12-8-10-16-13-17(14-20(16)19)21(2,3)4;1-3-5(10)8-7-9-6(11)4-2;;;/h2*6-14H,5H2,1-4H3;3-4H2,1-2H3,(H-,8,9,10,11);2*1H;/q;;;;;+1/p-1. The summed E-state index contributed by atoms with van der Waals surface area (Å²) in [4.78, 5) is 27.6. The summed E-state index contributed by atoms with van der Waals surface area (Å²) in [5.41, 5.74) is 13.1. The van der Waals surface area contributed by atoms with E-state index in [1.54, 1.807) is 0 Å². The molecule has 8 heteroatoms. The number of benzene rings is 4. The molecule has 6 rings (SSSR count). The summed E-state index contributed by atoms with van der Waals surface area (Å²) in [6.45, 7) is 21.4. The molecule has 2 atom stereocenters. The van der Waals surface area contributed by atoms with E-state index in [0.717, 1.165) is 57.4 Å². The molecule has 0 saturated heterocycles. The molecule has 56 heavy (non-hydrogen) atoms. The predicted molar refractivity (Wildman–Crippen MR) is 237 cm³/mol. The molecule has 2 unspecified atom stereocenters. The number of amides is 2. The van der Waals surface area contributed by atoms with Gasteiger partial charge in [-0.2, -0.15) is 0 Å². The fourth-order valence-corrected chi connectivity index (χ4v) is 39.6. The third-order valence-electron chi connectivity index (χ3n) is 12.1.